The first-order valence-corrected chi connectivity index (χ1v) is 16.6. The van der Waals surface area contributed by atoms with E-state index in [1.165, 1.54) is 37.9 Å². The summed E-state index contributed by atoms with van der Waals surface area (Å²) in [7, 11) is 0. The van der Waals surface area contributed by atoms with Crippen molar-refractivity contribution in [2.75, 3.05) is 0 Å². The van der Waals surface area contributed by atoms with E-state index in [1.54, 1.807) is 0 Å². The lowest BCUT2D eigenvalue weighted by molar-refractivity contribution is 0.669. The first kappa shape index (κ1) is 27.5. The minimum absolute atomic E-state index is 0.682. The van der Waals surface area contributed by atoms with Crippen LogP contribution in [-0.4, -0.2) is 9.97 Å². The first-order chi connectivity index (χ1) is 24.3. The molecule has 8 aromatic carbocycles. The number of benzene rings is 8. The molecule has 0 saturated carbocycles. The fraction of sp³-hybridized carbons (Fsp3) is 0. The molecule has 0 aliphatic rings. The van der Waals surface area contributed by atoms with E-state index in [0.29, 0.717) is 5.82 Å². The number of nitrogens with zero attached hydrogens (tertiary/aromatic N) is 2. The number of hydrogen-bond acceptors (Lipinski definition) is 3. The molecule has 0 N–H and O–H groups in total. The van der Waals surface area contributed by atoms with Gasteiger partial charge in [-0.05, 0) is 67.7 Å². The van der Waals surface area contributed by atoms with Crippen LogP contribution in [0, 0.1) is 0 Å². The molecule has 49 heavy (non-hydrogen) atoms. The SMILES string of the molecule is c1ccc(-c2cc(-c3cccc4oc5ccccc5c34)nc(-c3ccc(-c4c5ccccc5cc5c4ccc4ccccc45)cc3)n2)cc1. The molecule has 228 valence electrons. The molecule has 10 rings (SSSR count). The van der Waals surface area contributed by atoms with E-state index >= 15 is 0 Å². The predicted octanol–water partition coefficient (Wildman–Crippen LogP) is 12.5. The van der Waals surface area contributed by atoms with Crippen molar-refractivity contribution < 1.29 is 4.42 Å². The second-order valence-electron chi connectivity index (χ2n) is 12.5. The maximum absolute atomic E-state index is 6.24. The van der Waals surface area contributed by atoms with E-state index in [4.69, 9.17) is 14.4 Å². The fourth-order valence-electron chi connectivity index (χ4n) is 7.38. The molecule has 0 spiro atoms. The second-order valence-corrected chi connectivity index (χ2v) is 12.5. The van der Waals surface area contributed by atoms with E-state index in [-0.39, 0.29) is 0 Å². The molecule has 0 fully saturated rings. The Morgan fingerprint density at radius 1 is 0.367 bits per heavy atom. The van der Waals surface area contributed by atoms with Crippen LogP contribution in [0.25, 0.3) is 99.3 Å². The van der Waals surface area contributed by atoms with Crippen molar-refractivity contribution in [2.24, 2.45) is 0 Å². The van der Waals surface area contributed by atoms with Gasteiger partial charge in [0.15, 0.2) is 5.82 Å². The van der Waals surface area contributed by atoms with Crippen LogP contribution < -0.4 is 0 Å². The molecule has 0 amide bonds. The summed E-state index contributed by atoms with van der Waals surface area (Å²) in [5.41, 5.74) is 8.88. The Morgan fingerprint density at radius 2 is 1.04 bits per heavy atom. The molecule has 0 atom stereocenters. The second kappa shape index (κ2) is 11.0. The molecule has 3 nitrogen and oxygen atoms in total. The lowest BCUT2D eigenvalue weighted by Crippen LogP contribution is -1.96. The van der Waals surface area contributed by atoms with Crippen LogP contribution in [0.15, 0.2) is 174 Å². The molecule has 0 aliphatic carbocycles. The minimum Gasteiger partial charge on any atom is -0.456 e. The summed E-state index contributed by atoms with van der Waals surface area (Å²) in [5.74, 6) is 0.682. The number of para-hydroxylation sites is 1. The summed E-state index contributed by atoms with van der Waals surface area (Å²) in [4.78, 5) is 10.4. The van der Waals surface area contributed by atoms with Crippen molar-refractivity contribution in [1.82, 2.24) is 9.97 Å². The van der Waals surface area contributed by atoms with Crippen molar-refractivity contribution in [3.05, 3.63) is 170 Å². The molecule has 0 bridgehead atoms. The Hall–Kier alpha value is -6.58. The van der Waals surface area contributed by atoms with Gasteiger partial charge in [-0.1, -0.05) is 146 Å². The van der Waals surface area contributed by atoms with Gasteiger partial charge in [0.25, 0.3) is 0 Å². The van der Waals surface area contributed by atoms with Crippen LogP contribution in [-0.2, 0) is 0 Å². The standard InChI is InChI=1S/C46H28N2O/c1-2-12-30(13-3-1)40-28-41(37-18-10-20-43-45(37)38-17-8-9-19-42(38)49-43)48-46(47-40)32-23-21-31(22-24-32)44-35-16-7-5-14-33(35)27-39-34-15-6-4-11-29(34)25-26-36(39)44/h1-28H. The largest absolute Gasteiger partial charge is 0.456 e. The molecule has 3 heteroatoms. The number of aromatic nitrogens is 2. The third-order valence-electron chi connectivity index (χ3n) is 9.68. The molecule has 2 heterocycles. The summed E-state index contributed by atoms with van der Waals surface area (Å²) in [6.45, 7) is 0. The molecule has 10 aromatic rings. The summed E-state index contributed by atoms with van der Waals surface area (Å²) in [6, 6.07) is 59.7. The maximum Gasteiger partial charge on any atom is 0.160 e. The quantitative estimate of drug-likeness (QED) is 0.144. The predicted molar refractivity (Wildman–Crippen MR) is 204 cm³/mol. The summed E-state index contributed by atoms with van der Waals surface area (Å²) >= 11 is 0. The summed E-state index contributed by atoms with van der Waals surface area (Å²) in [6.07, 6.45) is 0. The van der Waals surface area contributed by atoms with Gasteiger partial charge in [-0.15, -0.1) is 0 Å². The lowest BCUT2D eigenvalue weighted by Gasteiger charge is -2.15. The van der Waals surface area contributed by atoms with E-state index in [9.17, 15) is 0 Å². The van der Waals surface area contributed by atoms with Crippen molar-refractivity contribution in [3.63, 3.8) is 0 Å². The third kappa shape index (κ3) is 4.51. The van der Waals surface area contributed by atoms with E-state index < -0.39 is 0 Å². The van der Waals surface area contributed by atoms with E-state index in [1.807, 2.05) is 42.5 Å². The van der Waals surface area contributed by atoms with Crippen LogP contribution in [0.3, 0.4) is 0 Å². The highest BCUT2D eigenvalue weighted by molar-refractivity contribution is 6.20. The number of fused-ring (bicyclic) bond motifs is 7. The molecule has 2 aromatic heterocycles. The van der Waals surface area contributed by atoms with Crippen molar-refractivity contribution in [3.8, 4) is 45.0 Å². The van der Waals surface area contributed by atoms with Gasteiger partial charge in [0.05, 0.1) is 11.4 Å². The Labute approximate surface area is 282 Å². The topological polar surface area (TPSA) is 38.9 Å². The number of hydrogen-bond donors (Lipinski definition) is 0. The van der Waals surface area contributed by atoms with Crippen molar-refractivity contribution >= 4 is 54.3 Å². The Balaban J connectivity index is 1.16. The zero-order chi connectivity index (χ0) is 32.3. The van der Waals surface area contributed by atoms with Gasteiger partial charge >= 0.3 is 0 Å². The zero-order valence-corrected chi connectivity index (χ0v) is 26.5. The highest BCUT2D eigenvalue weighted by Crippen LogP contribution is 2.41. The van der Waals surface area contributed by atoms with Crippen LogP contribution in [0.2, 0.25) is 0 Å². The third-order valence-corrected chi connectivity index (χ3v) is 9.68. The average molecular weight is 625 g/mol. The number of rotatable bonds is 4. The van der Waals surface area contributed by atoms with Gasteiger partial charge in [0.2, 0.25) is 0 Å². The Kier molecular flexibility index (Phi) is 6.18. The highest BCUT2D eigenvalue weighted by Gasteiger charge is 2.17. The zero-order valence-electron chi connectivity index (χ0n) is 26.5. The van der Waals surface area contributed by atoms with Gasteiger partial charge < -0.3 is 4.42 Å². The summed E-state index contributed by atoms with van der Waals surface area (Å²) in [5, 5.41) is 9.63. The van der Waals surface area contributed by atoms with E-state index in [2.05, 4.69) is 127 Å². The van der Waals surface area contributed by atoms with E-state index in [0.717, 1.165) is 55.6 Å². The van der Waals surface area contributed by atoms with Crippen LogP contribution in [0.5, 0.6) is 0 Å². The van der Waals surface area contributed by atoms with Gasteiger partial charge in [-0.25, -0.2) is 9.97 Å². The maximum atomic E-state index is 6.24. The Bertz CT molecular complexity index is 2870. The van der Waals surface area contributed by atoms with Gasteiger partial charge in [-0.2, -0.15) is 0 Å². The van der Waals surface area contributed by atoms with Crippen molar-refractivity contribution in [2.45, 2.75) is 0 Å². The smallest absolute Gasteiger partial charge is 0.160 e. The minimum atomic E-state index is 0.682. The lowest BCUT2D eigenvalue weighted by atomic mass is 9.89. The van der Waals surface area contributed by atoms with Crippen LogP contribution >= 0.6 is 0 Å². The molecular weight excluding hydrogens is 597 g/mol. The monoisotopic (exact) mass is 624 g/mol. The molecule has 0 aliphatic heterocycles. The fourth-order valence-corrected chi connectivity index (χ4v) is 7.38. The molecule has 0 unspecified atom stereocenters. The first-order valence-electron chi connectivity index (χ1n) is 16.6. The molecule has 0 radical (unpaired) electrons. The van der Waals surface area contributed by atoms with Crippen LogP contribution in [0.1, 0.15) is 0 Å². The molecule has 0 saturated heterocycles. The normalized spacial score (nSPS) is 11.7. The van der Waals surface area contributed by atoms with Gasteiger partial charge in [-0.3, -0.25) is 0 Å². The highest BCUT2D eigenvalue weighted by atomic mass is 16.3. The summed E-state index contributed by atoms with van der Waals surface area (Å²) < 4.78 is 6.24. The molecular formula is C46H28N2O. The van der Waals surface area contributed by atoms with Gasteiger partial charge in [0, 0.05) is 27.5 Å². The van der Waals surface area contributed by atoms with Gasteiger partial charge in [0.1, 0.15) is 11.2 Å². The average Bonchev–Trinajstić information content (AvgIpc) is 3.56. The van der Waals surface area contributed by atoms with Crippen molar-refractivity contribution in [1.29, 1.82) is 0 Å². The number of furan rings is 1. The van der Waals surface area contributed by atoms with Crippen LogP contribution in [0.4, 0.5) is 0 Å². The Morgan fingerprint density at radius 3 is 1.90 bits per heavy atom.